The molecule has 5 aromatic rings. The molecule has 8 rings (SSSR count). The topological polar surface area (TPSA) is 527 Å². The number of aromatic amines is 2. The molecule has 76 heavy (non-hydrogen) atoms. The molecule has 14 N–H and O–H groups in total. The number of anilines is 2. The summed E-state index contributed by atoms with van der Waals surface area (Å²) in [5, 5.41) is 35.5. The van der Waals surface area contributed by atoms with Crippen molar-refractivity contribution in [1.29, 1.82) is 0 Å². The summed E-state index contributed by atoms with van der Waals surface area (Å²) in [5.41, 5.74) is 7.21. The lowest BCUT2D eigenvalue weighted by molar-refractivity contribution is -0.745. The molecular weight excluding hydrogens is 1110 g/mol. The number of aliphatic hydroxyl groups excluding tert-OH is 3. The van der Waals surface area contributed by atoms with Crippen molar-refractivity contribution in [1.82, 2.24) is 48.9 Å². The van der Waals surface area contributed by atoms with Gasteiger partial charge in [0.25, 0.3) is 17.1 Å². The minimum Gasteiger partial charge on any atom is -0.387 e. The largest absolute Gasteiger partial charge is 0.490 e. The van der Waals surface area contributed by atoms with Gasteiger partial charge >= 0.3 is 42.4 Å². The molecule has 0 bridgehead atoms. The number of H-pyrrole nitrogens is 2. The van der Waals surface area contributed by atoms with E-state index >= 15 is 0 Å². The van der Waals surface area contributed by atoms with Crippen molar-refractivity contribution in [2.75, 3.05) is 44.9 Å². The van der Waals surface area contributed by atoms with Gasteiger partial charge in [0.05, 0.1) is 39.3 Å². The molecule has 3 aliphatic heterocycles. The standard InChI is InChI=1S/C35H49N13O24P4/c1-14(49)38-6-4-15-16(68-31(22(15)51)48-13-45(2)21-29(48)43-34(37)44-30(21)54)8-66-74(58,59)71-76(62,63)72-75(60,61)67-10-18-26(25(64-3)33(70-18)47-12-41-20-27(36)39-11-40-28(20)47)73(56,57)65-9-17-23(52)24(53)32(69-17)46-7-5-19(50)42-35(46)55/h5,7,11-13,15-18,22-26,31-33,51-53H,4,6,8-10H2,1-3H3,(H10-,36,37,38,39,40,42,43,44,49,50,54,55,56,57,58,59,60,61,62,63)/p+1/t15-,16-,17-,18-,22-,23-,24-,25-,26-,31-,32-,33-/m1/s1. The number of amides is 1. The number of ether oxygens (including phenoxy) is 4. The van der Waals surface area contributed by atoms with E-state index in [1.165, 1.54) is 34.0 Å². The quantitative estimate of drug-likeness (QED) is 0.0246. The number of nitrogens with two attached hydrogens (primary N) is 2. The molecule has 4 unspecified atom stereocenters. The van der Waals surface area contributed by atoms with Crippen LogP contribution in [0.2, 0.25) is 0 Å². The predicted molar refractivity (Wildman–Crippen MR) is 247 cm³/mol. The van der Waals surface area contributed by atoms with Crippen molar-refractivity contribution >= 4 is 71.1 Å². The lowest BCUT2D eigenvalue weighted by atomic mass is 9.94. The molecule has 0 spiro atoms. The van der Waals surface area contributed by atoms with E-state index in [2.05, 4.69) is 38.9 Å². The van der Waals surface area contributed by atoms with Crippen molar-refractivity contribution in [2.24, 2.45) is 13.0 Å². The highest BCUT2D eigenvalue weighted by Crippen LogP contribution is 2.68. The highest BCUT2D eigenvalue weighted by atomic mass is 31.3. The molecule has 0 aromatic carbocycles. The van der Waals surface area contributed by atoms with E-state index in [0.717, 1.165) is 36.6 Å². The molecule has 37 nitrogen and oxygen atoms in total. The van der Waals surface area contributed by atoms with Gasteiger partial charge in [0.1, 0.15) is 54.1 Å². The summed E-state index contributed by atoms with van der Waals surface area (Å²) in [5.74, 6) is -1.87. The molecule has 3 fully saturated rings. The van der Waals surface area contributed by atoms with Crippen LogP contribution >= 0.6 is 31.1 Å². The molecular formula is C35H50N13O24P4+. The molecule has 5 aromatic heterocycles. The average molecular weight is 1160 g/mol. The van der Waals surface area contributed by atoms with Gasteiger partial charge in [-0.25, -0.2) is 38.0 Å². The highest BCUT2D eigenvalue weighted by Gasteiger charge is 2.58. The molecule has 3 saturated heterocycles. The van der Waals surface area contributed by atoms with Crippen LogP contribution in [0.1, 0.15) is 32.0 Å². The first-order chi connectivity index (χ1) is 35.6. The van der Waals surface area contributed by atoms with Gasteiger partial charge in [0.15, 0.2) is 30.2 Å². The van der Waals surface area contributed by atoms with Gasteiger partial charge in [-0.15, -0.1) is 0 Å². The Morgan fingerprint density at radius 2 is 1.50 bits per heavy atom. The van der Waals surface area contributed by atoms with Crippen LogP contribution in [0.3, 0.4) is 0 Å². The molecule has 3 aliphatic rings. The number of rotatable bonds is 21. The van der Waals surface area contributed by atoms with Gasteiger partial charge in [-0.2, -0.15) is 8.62 Å². The number of nitrogens with one attached hydrogen (secondary N) is 3. The van der Waals surface area contributed by atoms with Gasteiger partial charge < -0.3 is 75.1 Å². The molecule has 418 valence electrons. The highest BCUT2D eigenvalue weighted by molar-refractivity contribution is 7.66. The first-order valence-corrected chi connectivity index (χ1v) is 28.2. The third-order valence-corrected chi connectivity index (χ3v) is 18.3. The lowest BCUT2D eigenvalue weighted by Crippen LogP contribution is -2.45. The maximum absolute atomic E-state index is 14.3. The molecule has 1 amide bonds. The van der Waals surface area contributed by atoms with E-state index in [0.29, 0.717) is 0 Å². The molecule has 0 saturated carbocycles. The van der Waals surface area contributed by atoms with Crippen LogP contribution in [0.5, 0.6) is 0 Å². The van der Waals surface area contributed by atoms with Crippen LogP contribution in [0, 0.1) is 5.92 Å². The number of aryl methyl sites for hydroxylation is 1. The maximum atomic E-state index is 14.3. The first-order valence-electron chi connectivity index (χ1n) is 22.1. The Hall–Kier alpha value is -5.07. The van der Waals surface area contributed by atoms with Gasteiger partial charge in [-0.1, -0.05) is 4.98 Å². The Labute approximate surface area is 423 Å². The maximum Gasteiger partial charge on any atom is 0.490 e. The predicted octanol–water partition coefficient (Wildman–Crippen LogP) is -4.03. The molecule has 16 atom stereocenters. The normalized spacial score (nSPS) is 30.0. The Morgan fingerprint density at radius 3 is 2.16 bits per heavy atom. The summed E-state index contributed by atoms with van der Waals surface area (Å²) in [4.78, 5) is 112. The Morgan fingerprint density at radius 1 is 0.842 bits per heavy atom. The number of nitrogens with zero attached hydrogens (tertiary/aromatic N) is 8. The Bertz CT molecular complexity index is 3370. The van der Waals surface area contributed by atoms with Crippen LogP contribution in [0.25, 0.3) is 22.3 Å². The van der Waals surface area contributed by atoms with E-state index in [-0.39, 0.29) is 47.1 Å². The van der Waals surface area contributed by atoms with E-state index in [1.807, 2.05) is 4.98 Å². The fraction of sp³-hybridized carbons (Fsp3) is 0.571. The smallest absolute Gasteiger partial charge is 0.387 e. The summed E-state index contributed by atoms with van der Waals surface area (Å²) >= 11 is 0. The van der Waals surface area contributed by atoms with Crippen LogP contribution in [-0.4, -0.2) is 166 Å². The fourth-order valence-electron chi connectivity index (χ4n) is 8.85. The number of phosphoric acid groups is 3. The second-order valence-corrected chi connectivity index (χ2v) is 23.8. The summed E-state index contributed by atoms with van der Waals surface area (Å²) in [6.07, 6.45) is -11.9. The van der Waals surface area contributed by atoms with Crippen LogP contribution < -0.4 is 38.2 Å². The number of aromatic nitrogens is 10. The Kier molecular flexibility index (Phi) is 16.5. The molecule has 0 radical (unpaired) electrons. The zero-order valence-corrected chi connectivity index (χ0v) is 43.0. The summed E-state index contributed by atoms with van der Waals surface area (Å²) in [6.45, 7) is -2.15. The van der Waals surface area contributed by atoms with Crippen molar-refractivity contribution in [3.8, 4) is 0 Å². The number of carbonyl (C=O) groups excluding carboxylic acids is 1. The number of nitrogen functional groups attached to an aromatic ring is 2. The van der Waals surface area contributed by atoms with Gasteiger partial charge in [-0.3, -0.25) is 51.7 Å². The molecule has 41 heteroatoms. The number of hydrogen-bond donors (Lipinski definition) is 12. The molecule has 8 heterocycles. The van der Waals surface area contributed by atoms with E-state index in [9.17, 15) is 72.3 Å². The van der Waals surface area contributed by atoms with Gasteiger partial charge in [0, 0.05) is 38.8 Å². The van der Waals surface area contributed by atoms with Gasteiger partial charge in [0.2, 0.25) is 17.7 Å². The number of imidazole rings is 2. The second-order valence-electron chi connectivity index (χ2n) is 17.2. The SMILES string of the molecule is CO[C@@H]1[C@H](P(=O)(O)OC[C@H]2O[C@@H](n3ccc(=O)[nH]c3=O)[C@H](O)[C@@H]2O)[C@@H](COP(=O)(O)OP(=O)(O)OP(=O)(O)OC[C@H]2O[C@@H]([n+]3cn(C)c4c(=O)[nH]c(N)nc43)[C@H](O)[C@@H]2CCNC(C)=O)O[C@H]1n1cnc2c(N)ncnc21. The lowest BCUT2D eigenvalue weighted by Gasteiger charge is -2.28. The number of aliphatic hydroxyl groups is 3. The summed E-state index contributed by atoms with van der Waals surface area (Å²) in [6, 6.07) is 0.923. The number of methoxy groups -OCH3 is 1. The van der Waals surface area contributed by atoms with Crippen LogP contribution in [-0.2, 0) is 71.2 Å². The second kappa shape index (κ2) is 22.0. The number of phosphoric ester groups is 2. The van der Waals surface area contributed by atoms with E-state index < -0.39 is 147 Å². The summed E-state index contributed by atoms with van der Waals surface area (Å²) < 4.78 is 105. The monoisotopic (exact) mass is 1160 g/mol. The molecule has 0 aliphatic carbocycles. The zero-order valence-electron chi connectivity index (χ0n) is 39.4. The van der Waals surface area contributed by atoms with E-state index in [4.69, 9.17) is 44.0 Å². The number of carbonyl (C=O) groups is 1. The van der Waals surface area contributed by atoms with E-state index in [1.54, 1.807) is 0 Å². The third-order valence-electron chi connectivity index (χ3n) is 12.2. The fourth-order valence-corrected chi connectivity index (χ4v) is 14.1. The van der Waals surface area contributed by atoms with Crippen molar-refractivity contribution in [3.05, 3.63) is 62.4 Å². The van der Waals surface area contributed by atoms with Crippen molar-refractivity contribution in [2.45, 2.75) is 80.4 Å². The minimum absolute atomic E-state index is 0.0120. The first kappa shape index (κ1) is 57.1. The number of hydrogen-bond acceptors (Lipinski definition) is 26. The minimum atomic E-state index is -6.23. The third kappa shape index (κ3) is 12.0. The zero-order chi connectivity index (χ0) is 55.4. The van der Waals surface area contributed by atoms with Crippen LogP contribution in [0.4, 0.5) is 11.8 Å². The number of fused-ring (bicyclic) bond motifs is 2. The average Bonchev–Trinajstić information content (AvgIpc) is 4.13. The summed E-state index contributed by atoms with van der Waals surface area (Å²) in [7, 11) is -20.8. The van der Waals surface area contributed by atoms with Crippen molar-refractivity contribution < 1.29 is 104 Å². The van der Waals surface area contributed by atoms with Crippen molar-refractivity contribution in [3.63, 3.8) is 0 Å². The van der Waals surface area contributed by atoms with Gasteiger partial charge in [-0.05, 0) is 6.42 Å². The van der Waals surface area contributed by atoms with Crippen LogP contribution in [0.15, 0.2) is 45.6 Å². The Balaban J connectivity index is 0.963.